The van der Waals surface area contributed by atoms with Crippen molar-refractivity contribution in [3.8, 4) is 11.8 Å². The van der Waals surface area contributed by atoms with Gasteiger partial charge in [0.25, 0.3) is 5.76 Å². The molecule has 0 aliphatic rings. The second kappa shape index (κ2) is 5.33. The number of aliphatic hydroxyl groups is 1. The van der Waals surface area contributed by atoms with Gasteiger partial charge in [0.15, 0.2) is 0 Å². The van der Waals surface area contributed by atoms with E-state index in [1.54, 1.807) is 38.1 Å². The smallest absolute Gasteiger partial charge is 0.288 e. The van der Waals surface area contributed by atoms with Gasteiger partial charge in [0.1, 0.15) is 5.60 Å². The van der Waals surface area contributed by atoms with E-state index in [1.807, 2.05) is 0 Å². The van der Waals surface area contributed by atoms with E-state index in [2.05, 4.69) is 11.8 Å². The van der Waals surface area contributed by atoms with Gasteiger partial charge in [-0.3, -0.25) is 0 Å². The van der Waals surface area contributed by atoms with Gasteiger partial charge in [0.05, 0.1) is 0 Å². The highest BCUT2D eigenvalue weighted by Gasteiger charge is 2.06. The van der Waals surface area contributed by atoms with Crippen molar-refractivity contribution in [2.24, 2.45) is 0 Å². The van der Waals surface area contributed by atoms with Crippen LogP contribution in [0, 0.1) is 11.8 Å². The van der Waals surface area contributed by atoms with Gasteiger partial charge < -0.3 is 5.11 Å². The molecule has 0 saturated heterocycles. The molecule has 0 amide bonds. The second-order valence-corrected chi connectivity index (χ2v) is 4.78. The molecule has 0 radical (unpaired) electrons. The summed E-state index contributed by atoms with van der Waals surface area (Å²) in [5, 5.41) is 9.38. The average molecular weight is 242 g/mol. The van der Waals surface area contributed by atoms with Crippen molar-refractivity contribution >= 4 is 11.8 Å². The maximum absolute atomic E-state index is 12.0. The molecule has 4 heteroatoms. The molecule has 0 aromatic heterocycles. The third-order valence-electron chi connectivity index (χ3n) is 1.59. The quantitative estimate of drug-likeness (QED) is 0.635. The van der Waals surface area contributed by atoms with Gasteiger partial charge in [-0.25, -0.2) is 0 Å². The molecule has 0 unspecified atom stereocenters. The van der Waals surface area contributed by atoms with Crippen LogP contribution in [-0.2, 0) is 0 Å². The fourth-order valence-electron chi connectivity index (χ4n) is 0.945. The lowest BCUT2D eigenvalue weighted by atomic mass is 10.1. The minimum Gasteiger partial charge on any atom is -0.378 e. The van der Waals surface area contributed by atoms with E-state index in [9.17, 15) is 13.9 Å². The molecule has 1 N–H and O–H groups in total. The number of thioether (sulfide) groups is 1. The first-order chi connectivity index (χ1) is 7.37. The molecule has 0 atom stereocenters. The van der Waals surface area contributed by atoms with Gasteiger partial charge in [-0.2, -0.15) is 8.78 Å². The van der Waals surface area contributed by atoms with Crippen LogP contribution < -0.4 is 0 Å². The fourth-order valence-corrected chi connectivity index (χ4v) is 1.44. The number of rotatable bonds is 2. The molecule has 0 bridgehead atoms. The molecule has 0 saturated carbocycles. The predicted octanol–water partition coefficient (Wildman–Crippen LogP) is 3.12. The molecule has 1 aromatic carbocycles. The van der Waals surface area contributed by atoms with Gasteiger partial charge in [-0.05, 0) is 38.1 Å². The molecule has 1 rings (SSSR count). The van der Waals surface area contributed by atoms with Gasteiger partial charge >= 0.3 is 0 Å². The number of halogens is 2. The number of hydrogen-bond donors (Lipinski definition) is 1. The highest BCUT2D eigenvalue weighted by atomic mass is 32.2. The number of alkyl halides is 2. The summed E-state index contributed by atoms with van der Waals surface area (Å²) in [6.07, 6.45) is 0. The molecule has 0 aliphatic carbocycles. The van der Waals surface area contributed by atoms with Crippen LogP contribution in [0.5, 0.6) is 0 Å². The predicted molar refractivity (Wildman–Crippen MR) is 61.5 cm³/mol. The van der Waals surface area contributed by atoms with Crippen LogP contribution in [0.2, 0.25) is 0 Å². The third kappa shape index (κ3) is 5.15. The fraction of sp³-hybridized carbons (Fsp3) is 0.333. The van der Waals surface area contributed by atoms with Crippen LogP contribution in [0.3, 0.4) is 0 Å². The van der Waals surface area contributed by atoms with Crippen molar-refractivity contribution < 1.29 is 13.9 Å². The van der Waals surface area contributed by atoms with Crippen molar-refractivity contribution in [3.63, 3.8) is 0 Å². The summed E-state index contributed by atoms with van der Waals surface area (Å²) in [6, 6.07) is 6.49. The summed E-state index contributed by atoms with van der Waals surface area (Å²) < 4.78 is 24.1. The first-order valence-corrected chi connectivity index (χ1v) is 5.55. The molecule has 0 spiro atoms. The van der Waals surface area contributed by atoms with Gasteiger partial charge in [0, 0.05) is 10.5 Å². The molecule has 16 heavy (non-hydrogen) atoms. The van der Waals surface area contributed by atoms with Gasteiger partial charge in [-0.1, -0.05) is 23.6 Å². The zero-order valence-corrected chi connectivity index (χ0v) is 9.81. The Balaban J connectivity index is 2.75. The third-order valence-corrected chi connectivity index (χ3v) is 2.31. The highest BCUT2D eigenvalue weighted by molar-refractivity contribution is 7.99. The molecular formula is C12H12F2OS. The Kier molecular flexibility index (Phi) is 4.34. The van der Waals surface area contributed by atoms with Crippen LogP contribution in [0.1, 0.15) is 19.4 Å². The van der Waals surface area contributed by atoms with E-state index in [0.29, 0.717) is 22.2 Å². The minimum absolute atomic E-state index is 0.500. The van der Waals surface area contributed by atoms with Crippen LogP contribution in [0.15, 0.2) is 29.2 Å². The largest absolute Gasteiger partial charge is 0.378 e. The zero-order chi connectivity index (χ0) is 12.2. The zero-order valence-electron chi connectivity index (χ0n) is 9.00. The summed E-state index contributed by atoms with van der Waals surface area (Å²) in [6.45, 7) is 3.17. The topological polar surface area (TPSA) is 20.2 Å². The Bertz CT molecular complexity index is 396. The van der Waals surface area contributed by atoms with E-state index in [1.165, 1.54) is 0 Å². The second-order valence-electron chi connectivity index (χ2n) is 3.71. The first-order valence-electron chi connectivity index (χ1n) is 4.67. The van der Waals surface area contributed by atoms with Gasteiger partial charge in [-0.15, -0.1) is 0 Å². The molecule has 1 aromatic rings. The normalized spacial score (nSPS) is 11.1. The summed E-state index contributed by atoms with van der Waals surface area (Å²) in [5.41, 5.74) is -0.350. The first kappa shape index (κ1) is 13.0. The lowest BCUT2D eigenvalue weighted by molar-refractivity contribution is 0.143. The van der Waals surface area contributed by atoms with E-state index in [4.69, 9.17) is 0 Å². The van der Waals surface area contributed by atoms with E-state index < -0.39 is 11.4 Å². The van der Waals surface area contributed by atoms with Crippen molar-refractivity contribution in [1.29, 1.82) is 0 Å². The monoisotopic (exact) mass is 242 g/mol. The minimum atomic E-state index is -2.41. The standard InChI is InChI=1S/C12H12F2OS/c1-12(2,15)8-7-9-3-5-10(6-4-9)16-11(13)14/h3-6,11,15H,1-2H3. The van der Waals surface area contributed by atoms with E-state index >= 15 is 0 Å². The Morgan fingerprint density at radius 2 is 1.81 bits per heavy atom. The van der Waals surface area contributed by atoms with Crippen molar-refractivity contribution in [3.05, 3.63) is 29.8 Å². The van der Waals surface area contributed by atoms with E-state index in [0.717, 1.165) is 0 Å². The lowest BCUT2D eigenvalue weighted by Crippen LogP contribution is -2.14. The van der Waals surface area contributed by atoms with Crippen LogP contribution >= 0.6 is 11.8 Å². The maximum atomic E-state index is 12.0. The Labute approximate surface area is 97.9 Å². The SMILES string of the molecule is CC(C)(O)C#Cc1ccc(SC(F)F)cc1. The Morgan fingerprint density at radius 3 is 2.25 bits per heavy atom. The molecule has 0 heterocycles. The van der Waals surface area contributed by atoms with Crippen molar-refractivity contribution in [2.75, 3.05) is 0 Å². The molecule has 86 valence electrons. The summed E-state index contributed by atoms with van der Waals surface area (Å²) in [4.78, 5) is 0.504. The average Bonchev–Trinajstić information content (AvgIpc) is 2.14. The van der Waals surface area contributed by atoms with Crippen LogP contribution in [0.4, 0.5) is 8.78 Å². The highest BCUT2D eigenvalue weighted by Crippen LogP contribution is 2.24. The number of hydrogen-bond acceptors (Lipinski definition) is 2. The number of benzene rings is 1. The summed E-state index contributed by atoms with van der Waals surface area (Å²) >= 11 is 0.500. The van der Waals surface area contributed by atoms with Crippen LogP contribution in [0.25, 0.3) is 0 Å². The van der Waals surface area contributed by atoms with E-state index in [-0.39, 0.29) is 0 Å². The summed E-state index contributed by atoms with van der Waals surface area (Å²) in [5.74, 6) is 3.01. The van der Waals surface area contributed by atoms with Crippen molar-refractivity contribution in [2.45, 2.75) is 30.1 Å². The Morgan fingerprint density at radius 1 is 1.25 bits per heavy atom. The molecule has 0 fully saturated rings. The van der Waals surface area contributed by atoms with Crippen molar-refractivity contribution in [1.82, 2.24) is 0 Å². The lowest BCUT2D eigenvalue weighted by Gasteiger charge is -2.06. The molecular weight excluding hydrogens is 230 g/mol. The molecule has 1 nitrogen and oxygen atoms in total. The summed E-state index contributed by atoms with van der Waals surface area (Å²) in [7, 11) is 0. The maximum Gasteiger partial charge on any atom is 0.288 e. The Hall–Kier alpha value is -1.05. The van der Waals surface area contributed by atoms with Crippen LogP contribution in [-0.4, -0.2) is 16.5 Å². The molecule has 0 aliphatic heterocycles. The van der Waals surface area contributed by atoms with Gasteiger partial charge in [0.2, 0.25) is 0 Å².